The van der Waals surface area contributed by atoms with Crippen molar-refractivity contribution in [2.45, 2.75) is 19.9 Å². The number of carbonyl (C=O) groups is 1. The van der Waals surface area contributed by atoms with Crippen LogP contribution in [0.4, 0.5) is 0 Å². The Hall–Kier alpha value is -2.93. The summed E-state index contributed by atoms with van der Waals surface area (Å²) in [6.07, 6.45) is 1.11. The Balaban J connectivity index is 2.10. The van der Waals surface area contributed by atoms with Crippen LogP contribution in [0.2, 0.25) is 0 Å². The van der Waals surface area contributed by atoms with Gasteiger partial charge in [-0.05, 0) is 26.0 Å². The highest BCUT2D eigenvalue weighted by Crippen LogP contribution is 2.27. The Labute approximate surface area is 163 Å². The maximum absolute atomic E-state index is 12.8. The van der Waals surface area contributed by atoms with Crippen molar-refractivity contribution in [3.63, 3.8) is 0 Å². The Morgan fingerprint density at radius 2 is 1.79 bits per heavy atom. The lowest BCUT2D eigenvalue weighted by Gasteiger charge is -2.14. The van der Waals surface area contributed by atoms with Crippen LogP contribution >= 0.6 is 0 Å². The lowest BCUT2D eigenvalue weighted by atomic mass is 10.0. The molecule has 1 N–H and O–H groups in total. The van der Waals surface area contributed by atoms with Crippen molar-refractivity contribution in [1.29, 1.82) is 0 Å². The van der Waals surface area contributed by atoms with E-state index in [0.29, 0.717) is 16.7 Å². The van der Waals surface area contributed by atoms with Crippen molar-refractivity contribution < 1.29 is 17.6 Å². The van der Waals surface area contributed by atoms with Gasteiger partial charge < -0.3 is 9.73 Å². The molecule has 0 saturated carbocycles. The first kappa shape index (κ1) is 19.8. The highest BCUT2D eigenvalue weighted by atomic mass is 32.2. The van der Waals surface area contributed by atoms with Crippen LogP contribution in [0.1, 0.15) is 22.8 Å². The topological polar surface area (TPSA) is 93.4 Å². The van der Waals surface area contributed by atoms with Crippen LogP contribution in [0.25, 0.3) is 22.3 Å². The zero-order valence-corrected chi connectivity index (χ0v) is 16.7. The van der Waals surface area contributed by atoms with Gasteiger partial charge in [0.05, 0.1) is 16.7 Å². The van der Waals surface area contributed by atoms with Gasteiger partial charge in [-0.25, -0.2) is 8.42 Å². The highest BCUT2D eigenvalue weighted by molar-refractivity contribution is 7.90. The number of carbonyl (C=O) groups excluding carboxylic acids is 1. The maximum atomic E-state index is 12.8. The van der Waals surface area contributed by atoms with E-state index in [-0.39, 0.29) is 22.3 Å². The van der Waals surface area contributed by atoms with E-state index in [2.05, 4.69) is 5.32 Å². The molecule has 0 aliphatic heterocycles. The van der Waals surface area contributed by atoms with E-state index in [1.165, 1.54) is 0 Å². The quantitative estimate of drug-likeness (QED) is 0.712. The molecule has 1 amide bonds. The van der Waals surface area contributed by atoms with Gasteiger partial charge in [-0.3, -0.25) is 9.59 Å². The first-order valence-corrected chi connectivity index (χ1v) is 10.8. The lowest BCUT2D eigenvalue weighted by molar-refractivity contribution is 0.0944. The van der Waals surface area contributed by atoms with Crippen molar-refractivity contribution >= 4 is 26.7 Å². The molecule has 1 atom stereocenters. The third-order valence-corrected chi connectivity index (χ3v) is 5.46. The van der Waals surface area contributed by atoms with Crippen LogP contribution in [0.3, 0.4) is 0 Å². The molecule has 146 valence electrons. The van der Waals surface area contributed by atoms with Gasteiger partial charge >= 0.3 is 0 Å². The van der Waals surface area contributed by atoms with Gasteiger partial charge in [0.15, 0.2) is 11.0 Å². The standard InChI is InChI=1S/C21H21NO5S/c1-13(12-28(3,25)26)22-21(24)17-11-7-10-16-18(23)14(2)19(27-20(16)17)15-8-5-4-6-9-15/h4-11,13H,12H2,1-3H3,(H,22,24). The van der Waals surface area contributed by atoms with Crippen molar-refractivity contribution in [2.24, 2.45) is 0 Å². The molecule has 0 aliphatic carbocycles. The third kappa shape index (κ3) is 4.14. The maximum Gasteiger partial charge on any atom is 0.255 e. The molecule has 0 fully saturated rings. The van der Waals surface area contributed by atoms with Crippen LogP contribution < -0.4 is 10.7 Å². The molecule has 7 heteroatoms. The number of fused-ring (bicyclic) bond motifs is 1. The van der Waals surface area contributed by atoms with E-state index >= 15 is 0 Å². The largest absolute Gasteiger partial charge is 0.455 e. The molecule has 6 nitrogen and oxygen atoms in total. The smallest absolute Gasteiger partial charge is 0.255 e. The van der Waals surface area contributed by atoms with E-state index in [0.717, 1.165) is 11.8 Å². The average Bonchev–Trinajstić information content (AvgIpc) is 2.63. The average molecular weight is 399 g/mol. The first-order chi connectivity index (χ1) is 13.2. The number of nitrogens with one attached hydrogen (secondary N) is 1. The predicted octanol–water partition coefficient (Wildman–Crippen LogP) is 2.93. The van der Waals surface area contributed by atoms with Crippen molar-refractivity contribution in [3.05, 3.63) is 69.9 Å². The minimum Gasteiger partial charge on any atom is -0.455 e. The minimum absolute atomic E-state index is 0.179. The second-order valence-electron chi connectivity index (χ2n) is 6.90. The number of benzene rings is 2. The summed E-state index contributed by atoms with van der Waals surface area (Å²) in [5, 5.41) is 2.96. The Morgan fingerprint density at radius 3 is 2.43 bits per heavy atom. The highest BCUT2D eigenvalue weighted by Gasteiger charge is 2.20. The second-order valence-corrected chi connectivity index (χ2v) is 9.09. The molecule has 3 rings (SSSR count). The van der Waals surface area contributed by atoms with E-state index in [1.54, 1.807) is 32.0 Å². The fourth-order valence-corrected chi connectivity index (χ4v) is 4.14. The monoisotopic (exact) mass is 399 g/mol. The molecule has 1 heterocycles. The molecule has 0 spiro atoms. The fourth-order valence-electron chi connectivity index (χ4n) is 3.15. The SMILES string of the molecule is Cc1c(-c2ccccc2)oc2c(C(=O)NC(C)CS(C)(=O)=O)cccc2c1=O. The summed E-state index contributed by atoms with van der Waals surface area (Å²) >= 11 is 0. The van der Waals surface area contributed by atoms with E-state index in [9.17, 15) is 18.0 Å². The summed E-state index contributed by atoms with van der Waals surface area (Å²) < 4.78 is 28.9. The number of sulfone groups is 1. The summed E-state index contributed by atoms with van der Waals surface area (Å²) in [5.74, 6) is -0.266. The minimum atomic E-state index is -3.24. The van der Waals surface area contributed by atoms with Crippen LogP contribution in [0.15, 0.2) is 57.7 Å². The molecule has 2 aromatic carbocycles. The zero-order valence-electron chi connectivity index (χ0n) is 15.9. The van der Waals surface area contributed by atoms with Crippen molar-refractivity contribution in [2.75, 3.05) is 12.0 Å². The Morgan fingerprint density at radius 1 is 1.11 bits per heavy atom. The third-order valence-electron chi connectivity index (χ3n) is 4.36. The number of rotatable bonds is 5. The molecule has 0 aliphatic rings. The van der Waals surface area contributed by atoms with Crippen molar-refractivity contribution in [3.8, 4) is 11.3 Å². The molecule has 28 heavy (non-hydrogen) atoms. The number of amides is 1. The summed E-state index contributed by atoms with van der Waals surface area (Å²) in [6.45, 7) is 3.30. The van der Waals surface area contributed by atoms with E-state index in [1.807, 2.05) is 30.3 Å². The predicted molar refractivity (Wildman–Crippen MR) is 109 cm³/mol. The van der Waals surface area contributed by atoms with E-state index in [4.69, 9.17) is 4.42 Å². The first-order valence-electron chi connectivity index (χ1n) is 8.78. The van der Waals surface area contributed by atoms with Gasteiger partial charge in [0.2, 0.25) is 0 Å². The van der Waals surface area contributed by atoms with Gasteiger partial charge in [-0.1, -0.05) is 36.4 Å². The summed E-state index contributed by atoms with van der Waals surface area (Å²) in [6, 6.07) is 13.4. The summed E-state index contributed by atoms with van der Waals surface area (Å²) in [4.78, 5) is 25.6. The number of hydrogen-bond acceptors (Lipinski definition) is 5. The van der Waals surface area contributed by atoms with Crippen LogP contribution in [0, 0.1) is 6.92 Å². The summed E-state index contributed by atoms with van der Waals surface area (Å²) in [7, 11) is -3.24. The summed E-state index contributed by atoms with van der Waals surface area (Å²) in [5.41, 5.74) is 1.36. The van der Waals surface area contributed by atoms with Crippen molar-refractivity contribution in [1.82, 2.24) is 5.32 Å². The molecule has 0 saturated heterocycles. The lowest BCUT2D eigenvalue weighted by Crippen LogP contribution is -2.37. The molecule has 1 aromatic heterocycles. The molecule has 1 unspecified atom stereocenters. The second kappa shape index (κ2) is 7.59. The molecule has 3 aromatic rings. The van der Waals surface area contributed by atoms with Gasteiger partial charge in [-0.15, -0.1) is 0 Å². The Kier molecular flexibility index (Phi) is 5.38. The molecular formula is C21H21NO5S. The molecule has 0 radical (unpaired) electrons. The molecule has 0 bridgehead atoms. The van der Waals surface area contributed by atoms with Gasteiger partial charge in [0, 0.05) is 23.4 Å². The van der Waals surface area contributed by atoms with Crippen LogP contribution in [-0.4, -0.2) is 32.4 Å². The molecular weight excluding hydrogens is 378 g/mol. The number of para-hydroxylation sites is 1. The van der Waals surface area contributed by atoms with Gasteiger partial charge in [0.1, 0.15) is 15.6 Å². The Bertz CT molecular complexity index is 1200. The zero-order chi connectivity index (χ0) is 20.5. The fraction of sp³-hybridized carbons (Fsp3) is 0.238. The number of hydrogen-bond donors (Lipinski definition) is 1. The van der Waals surface area contributed by atoms with Crippen LogP contribution in [-0.2, 0) is 9.84 Å². The van der Waals surface area contributed by atoms with Crippen LogP contribution in [0.5, 0.6) is 0 Å². The van der Waals surface area contributed by atoms with E-state index < -0.39 is 21.8 Å². The normalized spacial score (nSPS) is 12.7. The van der Waals surface area contributed by atoms with Gasteiger partial charge in [-0.2, -0.15) is 0 Å². The van der Waals surface area contributed by atoms with Gasteiger partial charge in [0.25, 0.3) is 5.91 Å².